The van der Waals surface area contributed by atoms with Crippen molar-refractivity contribution in [3.05, 3.63) is 36.4 Å². The Bertz CT molecular complexity index is 414. The van der Waals surface area contributed by atoms with E-state index in [1.807, 2.05) is 30.3 Å². The van der Waals surface area contributed by atoms with Crippen LogP contribution in [0.5, 0.6) is 5.88 Å². The molecule has 78 valence electrons. The summed E-state index contributed by atoms with van der Waals surface area (Å²) < 4.78 is 10.5. The number of hydrogen-bond donors (Lipinski definition) is 0. The molecule has 1 aromatic heterocycles. The lowest BCUT2D eigenvalue weighted by molar-refractivity contribution is 0.300. The summed E-state index contributed by atoms with van der Waals surface area (Å²) in [7, 11) is 0. The Hall–Kier alpha value is -1.29. The number of aromatic nitrogens is 1. The molecule has 0 atom stereocenters. The molecule has 0 bridgehead atoms. The largest absolute Gasteiger partial charge is 0.475 e. The first kappa shape index (κ1) is 10.2. The fourth-order valence-electron chi connectivity index (χ4n) is 1.21. The van der Waals surface area contributed by atoms with Gasteiger partial charge >= 0.3 is 0 Å². The van der Waals surface area contributed by atoms with Crippen LogP contribution < -0.4 is 4.74 Å². The molecule has 0 saturated carbocycles. The average molecular weight is 268 g/mol. The van der Waals surface area contributed by atoms with Crippen molar-refractivity contribution in [3.8, 4) is 17.2 Å². The molecule has 0 unspecified atom stereocenters. The number of alkyl halides is 1. The van der Waals surface area contributed by atoms with Crippen LogP contribution >= 0.6 is 15.9 Å². The van der Waals surface area contributed by atoms with Crippen molar-refractivity contribution in [2.24, 2.45) is 0 Å². The van der Waals surface area contributed by atoms with Crippen LogP contribution in [0.4, 0.5) is 0 Å². The highest BCUT2D eigenvalue weighted by Gasteiger charge is 2.06. The van der Waals surface area contributed by atoms with Crippen molar-refractivity contribution < 1.29 is 9.26 Å². The number of nitrogens with zero attached hydrogens (tertiary/aromatic N) is 1. The van der Waals surface area contributed by atoms with Crippen LogP contribution in [0.1, 0.15) is 0 Å². The van der Waals surface area contributed by atoms with Crippen molar-refractivity contribution in [2.45, 2.75) is 0 Å². The van der Waals surface area contributed by atoms with Crippen LogP contribution in [-0.4, -0.2) is 17.1 Å². The van der Waals surface area contributed by atoms with Crippen molar-refractivity contribution in [1.29, 1.82) is 0 Å². The minimum atomic E-state index is 0.522. The van der Waals surface area contributed by atoms with Crippen LogP contribution in [0.3, 0.4) is 0 Å². The van der Waals surface area contributed by atoms with E-state index >= 15 is 0 Å². The number of ether oxygens (including phenoxy) is 1. The lowest BCUT2D eigenvalue weighted by atomic mass is 10.2. The first-order chi connectivity index (χ1) is 7.40. The van der Waals surface area contributed by atoms with E-state index in [4.69, 9.17) is 9.26 Å². The SMILES string of the molecule is BrCCOc1cc(-c2ccccc2)on1. The standard InChI is InChI=1S/C11H10BrNO2/c12-6-7-14-11-8-10(15-13-11)9-4-2-1-3-5-9/h1-5,8H,6-7H2. The summed E-state index contributed by atoms with van der Waals surface area (Å²) in [5.41, 5.74) is 0.999. The van der Waals surface area contributed by atoms with E-state index in [1.165, 1.54) is 0 Å². The van der Waals surface area contributed by atoms with E-state index in [1.54, 1.807) is 6.07 Å². The summed E-state index contributed by atoms with van der Waals surface area (Å²) in [6, 6.07) is 11.6. The van der Waals surface area contributed by atoms with Gasteiger partial charge < -0.3 is 9.26 Å². The van der Waals surface area contributed by atoms with Gasteiger partial charge in [0.1, 0.15) is 0 Å². The minimum absolute atomic E-state index is 0.522. The molecule has 0 aliphatic carbocycles. The lowest BCUT2D eigenvalue weighted by Crippen LogP contribution is -1.97. The molecule has 0 amide bonds. The average Bonchev–Trinajstić information content (AvgIpc) is 2.76. The Balaban J connectivity index is 2.14. The minimum Gasteiger partial charge on any atom is -0.475 e. The van der Waals surface area contributed by atoms with Crippen LogP contribution in [0, 0.1) is 0 Å². The Morgan fingerprint density at radius 1 is 1.27 bits per heavy atom. The van der Waals surface area contributed by atoms with E-state index < -0.39 is 0 Å². The maximum Gasteiger partial charge on any atom is 0.254 e. The number of halogens is 1. The van der Waals surface area contributed by atoms with Crippen LogP contribution in [0.2, 0.25) is 0 Å². The first-order valence-corrected chi connectivity index (χ1v) is 5.73. The summed E-state index contributed by atoms with van der Waals surface area (Å²) in [4.78, 5) is 0. The van der Waals surface area contributed by atoms with E-state index in [2.05, 4.69) is 21.1 Å². The van der Waals surface area contributed by atoms with Crippen LogP contribution in [-0.2, 0) is 0 Å². The Kier molecular flexibility index (Phi) is 3.40. The van der Waals surface area contributed by atoms with Crippen LogP contribution in [0.15, 0.2) is 40.9 Å². The van der Waals surface area contributed by atoms with Gasteiger partial charge in [-0.1, -0.05) is 46.3 Å². The monoisotopic (exact) mass is 267 g/mol. The first-order valence-electron chi connectivity index (χ1n) is 4.61. The van der Waals surface area contributed by atoms with Gasteiger partial charge in [-0.05, 0) is 5.16 Å². The molecule has 0 spiro atoms. The van der Waals surface area contributed by atoms with Crippen molar-refractivity contribution in [2.75, 3.05) is 11.9 Å². The second-order valence-corrected chi connectivity index (χ2v) is 3.73. The van der Waals surface area contributed by atoms with Gasteiger partial charge in [0.15, 0.2) is 5.76 Å². The predicted molar refractivity (Wildman–Crippen MR) is 61.2 cm³/mol. The van der Waals surface area contributed by atoms with E-state index in [0.717, 1.165) is 16.7 Å². The third-order valence-corrected chi connectivity index (χ3v) is 2.20. The van der Waals surface area contributed by atoms with Crippen molar-refractivity contribution in [1.82, 2.24) is 5.16 Å². The second kappa shape index (κ2) is 4.98. The summed E-state index contributed by atoms with van der Waals surface area (Å²) >= 11 is 3.28. The topological polar surface area (TPSA) is 35.3 Å². The highest BCUT2D eigenvalue weighted by Crippen LogP contribution is 2.22. The van der Waals surface area contributed by atoms with Gasteiger partial charge in [0, 0.05) is 17.0 Å². The summed E-state index contributed by atoms with van der Waals surface area (Å²) in [5.74, 6) is 1.24. The highest BCUT2D eigenvalue weighted by molar-refractivity contribution is 9.09. The van der Waals surface area contributed by atoms with Gasteiger partial charge in [-0.3, -0.25) is 0 Å². The number of benzene rings is 1. The molecule has 0 fully saturated rings. The molecule has 0 radical (unpaired) electrons. The zero-order chi connectivity index (χ0) is 10.5. The maximum absolute atomic E-state index is 5.31. The van der Waals surface area contributed by atoms with E-state index in [0.29, 0.717) is 12.5 Å². The number of hydrogen-bond acceptors (Lipinski definition) is 3. The van der Waals surface area contributed by atoms with E-state index in [-0.39, 0.29) is 0 Å². The summed E-state index contributed by atoms with van der Waals surface area (Å²) in [6.07, 6.45) is 0. The molecule has 0 aliphatic rings. The van der Waals surface area contributed by atoms with Gasteiger partial charge in [0.05, 0.1) is 6.61 Å². The zero-order valence-corrected chi connectivity index (χ0v) is 9.61. The zero-order valence-electron chi connectivity index (χ0n) is 8.02. The Morgan fingerprint density at radius 2 is 2.07 bits per heavy atom. The molecule has 4 heteroatoms. The lowest BCUT2D eigenvalue weighted by Gasteiger charge is -1.94. The predicted octanol–water partition coefficient (Wildman–Crippen LogP) is 3.12. The summed E-state index contributed by atoms with van der Waals surface area (Å²) in [6.45, 7) is 0.584. The molecular formula is C11H10BrNO2. The molecule has 2 rings (SSSR count). The fraction of sp³-hybridized carbons (Fsp3) is 0.182. The molecular weight excluding hydrogens is 258 g/mol. The smallest absolute Gasteiger partial charge is 0.254 e. The Morgan fingerprint density at radius 3 is 2.80 bits per heavy atom. The van der Waals surface area contributed by atoms with Gasteiger partial charge in [0.25, 0.3) is 5.88 Å². The fourth-order valence-corrected chi connectivity index (χ4v) is 1.37. The molecule has 0 saturated heterocycles. The van der Waals surface area contributed by atoms with Gasteiger partial charge in [-0.2, -0.15) is 0 Å². The number of rotatable bonds is 4. The van der Waals surface area contributed by atoms with Gasteiger partial charge in [0.2, 0.25) is 0 Å². The third kappa shape index (κ3) is 2.59. The van der Waals surface area contributed by atoms with E-state index in [9.17, 15) is 0 Å². The third-order valence-electron chi connectivity index (χ3n) is 1.87. The molecule has 2 aromatic rings. The van der Waals surface area contributed by atoms with Crippen molar-refractivity contribution in [3.63, 3.8) is 0 Å². The molecule has 0 aliphatic heterocycles. The van der Waals surface area contributed by atoms with Crippen molar-refractivity contribution >= 4 is 15.9 Å². The maximum atomic E-state index is 5.31. The molecule has 1 heterocycles. The van der Waals surface area contributed by atoms with Crippen LogP contribution in [0.25, 0.3) is 11.3 Å². The normalized spacial score (nSPS) is 10.2. The highest BCUT2D eigenvalue weighted by atomic mass is 79.9. The summed E-state index contributed by atoms with van der Waals surface area (Å²) in [5, 5.41) is 4.59. The van der Waals surface area contributed by atoms with Gasteiger partial charge in [-0.15, -0.1) is 0 Å². The Labute approximate surface area is 96.2 Å². The quantitative estimate of drug-likeness (QED) is 0.799. The molecule has 3 nitrogen and oxygen atoms in total. The molecule has 1 aromatic carbocycles. The second-order valence-electron chi connectivity index (χ2n) is 2.93. The molecule has 0 N–H and O–H groups in total. The van der Waals surface area contributed by atoms with Gasteiger partial charge in [-0.25, -0.2) is 0 Å². The molecule has 15 heavy (non-hydrogen) atoms.